The highest BCUT2D eigenvalue weighted by atomic mass is 32.2. The molecule has 0 unspecified atom stereocenters. The van der Waals surface area contributed by atoms with E-state index in [9.17, 15) is 18.0 Å². The second kappa shape index (κ2) is 8.72. The van der Waals surface area contributed by atoms with Crippen LogP contribution in [-0.4, -0.2) is 31.9 Å². The minimum atomic E-state index is -4.03. The number of nitrogens with zero attached hydrogens (tertiary/aromatic N) is 1. The molecule has 1 fully saturated rings. The largest absolute Gasteiger partial charge is 0.487 e. The molecule has 2 N–H and O–H groups in total. The Bertz CT molecular complexity index is 1260. The number of ether oxygens (including phenoxy) is 1. The van der Waals surface area contributed by atoms with Gasteiger partial charge in [-0.15, -0.1) is 0 Å². The Morgan fingerprint density at radius 3 is 2.28 bits per heavy atom. The van der Waals surface area contributed by atoms with Gasteiger partial charge in [0.1, 0.15) is 18.9 Å². The topological polar surface area (TPSA) is 113 Å². The van der Waals surface area contributed by atoms with Crippen molar-refractivity contribution in [3.63, 3.8) is 0 Å². The van der Waals surface area contributed by atoms with Crippen LogP contribution >= 0.6 is 0 Å². The van der Waals surface area contributed by atoms with Gasteiger partial charge >= 0.3 is 16.2 Å². The summed E-state index contributed by atoms with van der Waals surface area (Å²) in [7, 11) is -4.03. The first kappa shape index (κ1) is 21.4. The molecule has 1 aliphatic heterocycles. The van der Waals surface area contributed by atoms with Crippen molar-refractivity contribution in [2.24, 2.45) is 0 Å². The first-order valence-electron chi connectivity index (χ1n) is 9.77. The lowest BCUT2D eigenvalue weighted by atomic mass is 10.0. The van der Waals surface area contributed by atoms with E-state index in [2.05, 4.69) is 0 Å². The van der Waals surface area contributed by atoms with Crippen LogP contribution in [0.2, 0.25) is 0 Å². The molecule has 9 heteroatoms. The average molecular weight is 452 g/mol. The number of aliphatic carboxylic acids is 1. The number of carboxylic acid groups (broad SMARTS) is 1. The normalized spacial score (nSPS) is 14.8. The molecule has 1 heterocycles. The molecule has 1 aliphatic rings. The summed E-state index contributed by atoms with van der Waals surface area (Å²) in [6.45, 7) is -0.114. The molecule has 0 bridgehead atoms. The summed E-state index contributed by atoms with van der Waals surface area (Å²) in [6, 6.07) is 21.5. The van der Waals surface area contributed by atoms with Gasteiger partial charge in [0.25, 0.3) is 5.91 Å². The summed E-state index contributed by atoms with van der Waals surface area (Å²) < 4.78 is 33.8. The van der Waals surface area contributed by atoms with Crippen LogP contribution in [0.1, 0.15) is 11.1 Å². The second-order valence-electron chi connectivity index (χ2n) is 7.26. The van der Waals surface area contributed by atoms with Crippen LogP contribution in [0.4, 0.5) is 5.69 Å². The third-order valence-electron chi connectivity index (χ3n) is 4.93. The van der Waals surface area contributed by atoms with Crippen LogP contribution in [0.25, 0.3) is 11.1 Å². The highest BCUT2D eigenvalue weighted by Gasteiger charge is 2.36. The van der Waals surface area contributed by atoms with Crippen molar-refractivity contribution in [1.29, 1.82) is 0 Å². The summed E-state index contributed by atoms with van der Waals surface area (Å²) in [6.07, 6.45) is -0.0857. The van der Waals surface area contributed by atoms with E-state index in [1.807, 2.05) is 35.1 Å². The standard InChI is InChI=1S/C23H20N2O6S/c26-22-14-25(32(29,30)24-22)20-13-19(18-8-6-16(7-9-18)12-23(27)28)10-11-21(20)31-15-17-4-2-1-3-5-17/h1-11,13H,12,14-15H2,(H,24,26)(H,27,28). The van der Waals surface area contributed by atoms with E-state index < -0.39 is 22.1 Å². The summed E-state index contributed by atoms with van der Waals surface area (Å²) in [5.41, 5.74) is 3.27. The fraction of sp³-hybridized carbons (Fsp3) is 0.130. The minimum Gasteiger partial charge on any atom is -0.487 e. The minimum absolute atomic E-state index is 0.0857. The van der Waals surface area contributed by atoms with Gasteiger partial charge in [0, 0.05) is 0 Å². The second-order valence-corrected chi connectivity index (χ2v) is 8.86. The van der Waals surface area contributed by atoms with Gasteiger partial charge in [-0.05, 0) is 34.4 Å². The molecule has 32 heavy (non-hydrogen) atoms. The zero-order valence-electron chi connectivity index (χ0n) is 16.9. The Hall–Kier alpha value is -3.85. The van der Waals surface area contributed by atoms with Gasteiger partial charge in [0.2, 0.25) is 0 Å². The monoisotopic (exact) mass is 452 g/mol. The van der Waals surface area contributed by atoms with E-state index in [0.717, 1.165) is 15.4 Å². The van der Waals surface area contributed by atoms with Gasteiger partial charge in [0.15, 0.2) is 0 Å². The Labute approximate surface area is 185 Å². The number of benzene rings is 3. The maximum atomic E-state index is 12.5. The lowest BCUT2D eigenvalue weighted by Crippen LogP contribution is -2.29. The third kappa shape index (κ3) is 4.73. The zero-order valence-corrected chi connectivity index (χ0v) is 17.7. The molecule has 164 valence electrons. The van der Waals surface area contributed by atoms with Crippen LogP contribution in [0, 0.1) is 0 Å². The molecular formula is C23H20N2O6S. The summed E-state index contributed by atoms with van der Waals surface area (Å²) >= 11 is 0. The number of hydrogen-bond donors (Lipinski definition) is 2. The molecule has 0 aromatic heterocycles. The van der Waals surface area contributed by atoms with Crippen molar-refractivity contribution in [1.82, 2.24) is 4.72 Å². The fourth-order valence-electron chi connectivity index (χ4n) is 3.40. The van der Waals surface area contributed by atoms with Crippen molar-refractivity contribution in [2.75, 3.05) is 10.8 Å². The Kier molecular flexibility index (Phi) is 5.83. The SMILES string of the molecule is O=C(O)Cc1ccc(-c2ccc(OCc3ccccc3)c(N3CC(=O)NS3(=O)=O)c2)cc1. The van der Waals surface area contributed by atoms with E-state index in [1.54, 1.807) is 42.5 Å². The van der Waals surface area contributed by atoms with Crippen molar-refractivity contribution in [3.05, 3.63) is 83.9 Å². The van der Waals surface area contributed by atoms with E-state index in [4.69, 9.17) is 9.84 Å². The summed E-state index contributed by atoms with van der Waals surface area (Å²) in [5.74, 6) is -1.22. The van der Waals surface area contributed by atoms with Crippen LogP contribution in [0.3, 0.4) is 0 Å². The predicted molar refractivity (Wildman–Crippen MR) is 118 cm³/mol. The lowest BCUT2D eigenvalue weighted by Gasteiger charge is -2.20. The van der Waals surface area contributed by atoms with E-state index >= 15 is 0 Å². The Morgan fingerprint density at radius 2 is 1.66 bits per heavy atom. The van der Waals surface area contributed by atoms with Crippen LogP contribution in [0.15, 0.2) is 72.8 Å². The predicted octanol–water partition coefficient (Wildman–Crippen LogP) is 2.74. The Balaban J connectivity index is 1.69. The number of carbonyl (C=O) groups excluding carboxylic acids is 1. The number of carbonyl (C=O) groups is 2. The molecule has 0 saturated carbocycles. The van der Waals surface area contributed by atoms with Crippen LogP contribution in [0.5, 0.6) is 5.75 Å². The van der Waals surface area contributed by atoms with E-state index in [0.29, 0.717) is 16.9 Å². The number of hydrogen-bond acceptors (Lipinski definition) is 5. The van der Waals surface area contributed by atoms with Gasteiger partial charge in [0.05, 0.1) is 12.1 Å². The number of anilines is 1. The summed E-state index contributed by atoms with van der Waals surface area (Å²) in [4.78, 5) is 22.7. The molecule has 8 nitrogen and oxygen atoms in total. The van der Waals surface area contributed by atoms with Crippen LogP contribution < -0.4 is 13.8 Å². The third-order valence-corrected chi connectivity index (χ3v) is 6.32. The molecular weight excluding hydrogens is 432 g/mol. The molecule has 4 rings (SSSR count). The van der Waals surface area contributed by atoms with E-state index in [-0.39, 0.29) is 25.3 Å². The summed E-state index contributed by atoms with van der Waals surface area (Å²) in [5, 5.41) is 8.94. The fourth-order valence-corrected chi connectivity index (χ4v) is 4.55. The number of amides is 1. The van der Waals surface area contributed by atoms with Crippen molar-refractivity contribution in [3.8, 4) is 16.9 Å². The number of nitrogens with one attached hydrogen (secondary N) is 1. The smallest absolute Gasteiger partial charge is 0.326 e. The molecule has 3 aromatic rings. The van der Waals surface area contributed by atoms with Gasteiger partial charge in [-0.2, -0.15) is 8.42 Å². The first-order valence-corrected chi connectivity index (χ1v) is 11.2. The maximum Gasteiger partial charge on any atom is 0.326 e. The molecule has 0 aliphatic carbocycles. The van der Waals surface area contributed by atoms with Gasteiger partial charge in [-0.3, -0.25) is 9.59 Å². The van der Waals surface area contributed by atoms with Crippen molar-refractivity contribution in [2.45, 2.75) is 13.0 Å². The highest BCUT2D eigenvalue weighted by molar-refractivity contribution is 7.92. The highest BCUT2D eigenvalue weighted by Crippen LogP contribution is 2.36. The number of carboxylic acids is 1. The van der Waals surface area contributed by atoms with Crippen LogP contribution in [-0.2, 0) is 32.8 Å². The average Bonchev–Trinajstić information content (AvgIpc) is 3.05. The number of rotatable bonds is 7. The molecule has 1 saturated heterocycles. The molecule has 3 aromatic carbocycles. The molecule has 1 amide bonds. The molecule has 0 spiro atoms. The van der Waals surface area contributed by atoms with Gasteiger partial charge < -0.3 is 9.84 Å². The van der Waals surface area contributed by atoms with Crippen molar-refractivity contribution >= 4 is 27.8 Å². The molecule has 0 atom stereocenters. The molecule has 0 radical (unpaired) electrons. The Morgan fingerprint density at radius 1 is 0.969 bits per heavy atom. The van der Waals surface area contributed by atoms with Crippen molar-refractivity contribution < 1.29 is 27.9 Å². The van der Waals surface area contributed by atoms with Gasteiger partial charge in [-0.25, -0.2) is 9.03 Å². The first-order chi connectivity index (χ1) is 15.3. The zero-order chi connectivity index (χ0) is 22.7. The lowest BCUT2D eigenvalue weighted by molar-refractivity contribution is -0.136. The van der Waals surface area contributed by atoms with Gasteiger partial charge in [-0.1, -0.05) is 60.7 Å². The maximum absolute atomic E-state index is 12.5. The van der Waals surface area contributed by atoms with E-state index in [1.165, 1.54) is 0 Å². The quantitative estimate of drug-likeness (QED) is 0.570.